The van der Waals surface area contributed by atoms with Crippen molar-refractivity contribution in [1.29, 1.82) is 0 Å². The molecule has 1 saturated heterocycles. The van der Waals surface area contributed by atoms with Crippen molar-refractivity contribution < 1.29 is 19.1 Å². The first-order chi connectivity index (χ1) is 9.94. The van der Waals surface area contributed by atoms with Crippen LogP contribution in [0.3, 0.4) is 0 Å². The van der Waals surface area contributed by atoms with E-state index in [0.29, 0.717) is 30.0 Å². The first-order valence-corrected chi connectivity index (χ1v) is 7.23. The largest absolute Gasteiger partial charge is 0.487 e. The fourth-order valence-corrected chi connectivity index (χ4v) is 2.74. The van der Waals surface area contributed by atoms with Gasteiger partial charge in [-0.15, -0.1) is 0 Å². The molecule has 112 valence electrons. The second-order valence-corrected chi connectivity index (χ2v) is 6.16. The smallest absolute Gasteiger partial charge is 0.253 e. The third kappa shape index (κ3) is 2.93. The number of ketones is 1. The van der Waals surface area contributed by atoms with Gasteiger partial charge in [0.1, 0.15) is 17.5 Å². The average Bonchev–Trinajstić information content (AvgIpc) is 2.92. The van der Waals surface area contributed by atoms with Gasteiger partial charge in [0.2, 0.25) is 0 Å². The molecule has 1 aromatic rings. The summed E-state index contributed by atoms with van der Waals surface area (Å²) in [6, 6.07) is 5.17. The SMILES string of the molecule is CC1(C)CC(=O)c2cc(NC(=O)C3CCCO3)ccc2O1. The van der Waals surface area contributed by atoms with Gasteiger partial charge < -0.3 is 14.8 Å². The van der Waals surface area contributed by atoms with E-state index in [1.165, 1.54) is 0 Å². The Bertz CT molecular complexity index is 588. The van der Waals surface area contributed by atoms with Crippen molar-refractivity contribution in [3.63, 3.8) is 0 Å². The molecule has 0 saturated carbocycles. The van der Waals surface area contributed by atoms with Gasteiger partial charge in [-0.3, -0.25) is 9.59 Å². The number of hydrogen-bond donors (Lipinski definition) is 1. The standard InChI is InChI=1S/C16H19NO4/c1-16(2)9-12(18)11-8-10(5-6-13(11)21-16)17-15(19)14-4-3-7-20-14/h5-6,8,14H,3-4,7,9H2,1-2H3,(H,17,19). The lowest BCUT2D eigenvalue weighted by atomic mass is 9.93. The van der Waals surface area contributed by atoms with Crippen LogP contribution >= 0.6 is 0 Å². The summed E-state index contributed by atoms with van der Waals surface area (Å²) in [6.07, 6.45) is 1.60. The summed E-state index contributed by atoms with van der Waals surface area (Å²) in [4.78, 5) is 24.2. The minimum atomic E-state index is -0.480. The number of amides is 1. The molecule has 1 aromatic carbocycles. The molecule has 1 amide bonds. The Balaban J connectivity index is 1.78. The molecule has 0 aromatic heterocycles. The van der Waals surface area contributed by atoms with Crippen LogP contribution in [0.2, 0.25) is 0 Å². The Labute approximate surface area is 123 Å². The van der Waals surface area contributed by atoms with Gasteiger partial charge in [0, 0.05) is 12.3 Å². The lowest BCUT2D eigenvalue weighted by molar-refractivity contribution is -0.124. The number of rotatable bonds is 2. The Morgan fingerprint density at radius 1 is 1.38 bits per heavy atom. The molecule has 0 radical (unpaired) electrons. The molecule has 21 heavy (non-hydrogen) atoms. The monoisotopic (exact) mass is 289 g/mol. The van der Waals surface area contributed by atoms with Gasteiger partial charge in [0.05, 0.1) is 12.0 Å². The summed E-state index contributed by atoms with van der Waals surface area (Å²) in [5, 5.41) is 2.80. The number of hydrogen-bond acceptors (Lipinski definition) is 4. The van der Waals surface area contributed by atoms with Gasteiger partial charge in [0.15, 0.2) is 5.78 Å². The zero-order chi connectivity index (χ0) is 15.0. The lowest BCUT2D eigenvalue weighted by Crippen LogP contribution is -2.36. The zero-order valence-electron chi connectivity index (χ0n) is 12.3. The highest BCUT2D eigenvalue weighted by atomic mass is 16.5. The van der Waals surface area contributed by atoms with E-state index >= 15 is 0 Å². The predicted molar refractivity (Wildman–Crippen MR) is 77.7 cm³/mol. The van der Waals surface area contributed by atoms with Crippen LogP contribution in [-0.2, 0) is 9.53 Å². The maximum Gasteiger partial charge on any atom is 0.253 e. The first kappa shape index (κ1) is 14.1. The third-order valence-electron chi connectivity index (χ3n) is 3.74. The molecule has 3 rings (SSSR count). The van der Waals surface area contributed by atoms with E-state index in [1.54, 1.807) is 18.2 Å². The van der Waals surface area contributed by atoms with Crippen LogP contribution in [0.25, 0.3) is 0 Å². The van der Waals surface area contributed by atoms with Crippen LogP contribution in [-0.4, -0.2) is 30.0 Å². The maximum absolute atomic E-state index is 12.2. The van der Waals surface area contributed by atoms with Crippen LogP contribution < -0.4 is 10.1 Å². The van der Waals surface area contributed by atoms with Crippen molar-refractivity contribution >= 4 is 17.4 Å². The molecule has 0 spiro atoms. The number of carbonyl (C=O) groups excluding carboxylic acids is 2. The third-order valence-corrected chi connectivity index (χ3v) is 3.74. The van der Waals surface area contributed by atoms with E-state index in [9.17, 15) is 9.59 Å². The quantitative estimate of drug-likeness (QED) is 0.908. The van der Waals surface area contributed by atoms with Gasteiger partial charge in [-0.05, 0) is 44.9 Å². The van der Waals surface area contributed by atoms with Gasteiger partial charge in [-0.25, -0.2) is 0 Å². The van der Waals surface area contributed by atoms with Crippen molar-refractivity contribution in [2.75, 3.05) is 11.9 Å². The molecule has 0 aliphatic carbocycles. The summed E-state index contributed by atoms with van der Waals surface area (Å²) < 4.78 is 11.1. The Morgan fingerprint density at radius 2 is 2.19 bits per heavy atom. The van der Waals surface area contributed by atoms with Crippen LogP contribution in [0, 0.1) is 0 Å². The van der Waals surface area contributed by atoms with E-state index in [1.807, 2.05) is 13.8 Å². The summed E-state index contributed by atoms with van der Waals surface area (Å²) in [6.45, 7) is 4.41. The Hall–Kier alpha value is -1.88. The first-order valence-electron chi connectivity index (χ1n) is 7.23. The molecule has 5 nitrogen and oxygen atoms in total. The predicted octanol–water partition coefficient (Wildman–Crippen LogP) is 2.55. The molecule has 1 unspecified atom stereocenters. The van der Waals surface area contributed by atoms with E-state index < -0.39 is 5.60 Å². The highest BCUT2D eigenvalue weighted by Crippen LogP contribution is 2.34. The minimum absolute atomic E-state index is 0.0365. The molecule has 1 fully saturated rings. The highest BCUT2D eigenvalue weighted by molar-refractivity contribution is 6.02. The summed E-state index contributed by atoms with van der Waals surface area (Å²) in [5.74, 6) is 0.456. The number of fused-ring (bicyclic) bond motifs is 1. The summed E-state index contributed by atoms with van der Waals surface area (Å²) in [7, 11) is 0. The average molecular weight is 289 g/mol. The maximum atomic E-state index is 12.2. The van der Waals surface area contributed by atoms with Gasteiger partial charge in [-0.1, -0.05) is 0 Å². The van der Waals surface area contributed by atoms with Crippen molar-refractivity contribution in [2.24, 2.45) is 0 Å². The van der Waals surface area contributed by atoms with Gasteiger partial charge >= 0.3 is 0 Å². The van der Waals surface area contributed by atoms with Gasteiger partial charge in [0.25, 0.3) is 5.91 Å². The number of carbonyl (C=O) groups is 2. The van der Waals surface area contributed by atoms with E-state index in [2.05, 4.69) is 5.32 Å². The second-order valence-electron chi connectivity index (χ2n) is 6.16. The molecule has 0 bridgehead atoms. The highest BCUT2D eigenvalue weighted by Gasteiger charge is 2.32. The minimum Gasteiger partial charge on any atom is -0.487 e. The van der Waals surface area contributed by atoms with Crippen LogP contribution in [0.15, 0.2) is 18.2 Å². The fourth-order valence-electron chi connectivity index (χ4n) is 2.74. The molecule has 2 heterocycles. The van der Waals surface area contributed by atoms with E-state index in [0.717, 1.165) is 12.8 Å². The summed E-state index contributed by atoms with van der Waals surface area (Å²) in [5.41, 5.74) is 0.650. The molecule has 5 heteroatoms. The van der Waals surface area contributed by atoms with E-state index in [-0.39, 0.29) is 17.8 Å². The molecule has 2 aliphatic rings. The molecular weight excluding hydrogens is 270 g/mol. The number of nitrogens with one attached hydrogen (secondary N) is 1. The van der Waals surface area contributed by atoms with Crippen molar-refractivity contribution in [2.45, 2.75) is 44.8 Å². The number of ether oxygens (including phenoxy) is 2. The van der Waals surface area contributed by atoms with Crippen LogP contribution in [0.4, 0.5) is 5.69 Å². The zero-order valence-corrected chi connectivity index (χ0v) is 12.3. The molecule has 2 aliphatic heterocycles. The normalized spacial score (nSPS) is 23.3. The molecule has 1 N–H and O–H groups in total. The summed E-state index contributed by atoms with van der Waals surface area (Å²) >= 11 is 0. The van der Waals surface area contributed by atoms with Crippen molar-refractivity contribution in [3.8, 4) is 5.75 Å². The topological polar surface area (TPSA) is 64.6 Å². The second kappa shape index (κ2) is 5.15. The van der Waals surface area contributed by atoms with Crippen molar-refractivity contribution in [1.82, 2.24) is 0 Å². The number of benzene rings is 1. The van der Waals surface area contributed by atoms with E-state index in [4.69, 9.17) is 9.47 Å². The van der Waals surface area contributed by atoms with Gasteiger partial charge in [-0.2, -0.15) is 0 Å². The fraction of sp³-hybridized carbons (Fsp3) is 0.500. The van der Waals surface area contributed by atoms with Crippen molar-refractivity contribution in [3.05, 3.63) is 23.8 Å². The Kier molecular flexibility index (Phi) is 3.45. The Morgan fingerprint density at radius 3 is 2.90 bits per heavy atom. The molecular formula is C16H19NO4. The number of Topliss-reactive ketones (excluding diaryl/α,β-unsaturated/α-hetero) is 1. The van der Waals surface area contributed by atoms with Crippen LogP contribution in [0.5, 0.6) is 5.75 Å². The van der Waals surface area contributed by atoms with Crippen LogP contribution in [0.1, 0.15) is 43.5 Å². The lowest BCUT2D eigenvalue weighted by Gasteiger charge is -2.31. The number of anilines is 1. The molecule has 1 atom stereocenters.